The first kappa shape index (κ1) is 12.7. The van der Waals surface area contributed by atoms with Crippen molar-refractivity contribution < 1.29 is 14.6 Å². The molecule has 1 aliphatic rings. The summed E-state index contributed by atoms with van der Waals surface area (Å²) in [5.41, 5.74) is 1.40. The number of aromatic nitrogens is 2. The van der Waals surface area contributed by atoms with Gasteiger partial charge in [-0.3, -0.25) is 4.68 Å². The number of ether oxygens (including phenoxy) is 1. The first-order valence-corrected chi connectivity index (χ1v) is 6.72. The number of rotatable bonds is 6. The Bertz CT molecular complexity index is 617. The van der Waals surface area contributed by atoms with Gasteiger partial charge in [-0.05, 0) is 37.1 Å². The molecule has 2 aromatic rings. The molecule has 5 heteroatoms. The standard InChI is InChI=1S/C15H16N2O3/c18-15(19)12-2-1-3-13(10-12)20-9-8-17-7-6-14(16-17)11-4-5-11/h1-3,6-7,10-11H,4-5,8-9H2,(H,18,19). The average molecular weight is 272 g/mol. The molecule has 1 heterocycles. The molecule has 1 N–H and O–H groups in total. The summed E-state index contributed by atoms with van der Waals surface area (Å²) in [6.45, 7) is 1.12. The Hall–Kier alpha value is -2.30. The molecule has 1 aliphatic carbocycles. The lowest BCUT2D eigenvalue weighted by Gasteiger charge is -2.07. The quantitative estimate of drug-likeness (QED) is 0.877. The van der Waals surface area contributed by atoms with Crippen LogP contribution in [-0.2, 0) is 6.54 Å². The third kappa shape index (κ3) is 2.99. The van der Waals surface area contributed by atoms with Crippen molar-refractivity contribution in [2.24, 2.45) is 0 Å². The van der Waals surface area contributed by atoms with Crippen molar-refractivity contribution in [2.45, 2.75) is 25.3 Å². The van der Waals surface area contributed by atoms with Crippen molar-refractivity contribution in [3.8, 4) is 5.75 Å². The van der Waals surface area contributed by atoms with Gasteiger partial charge in [-0.15, -0.1) is 0 Å². The van der Waals surface area contributed by atoms with Crippen LogP contribution in [0.3, 0.4) is 0 Å². The Morgan fingerprint density at radius 1 is 1.40 bits per heavy atom. The maximum Gasteiger partial charge on any atom is 0.335 e. The Labute approximate surface area is 116 Å². The second-order valence-electron chi connectivity index (χ2n) is 4.96. The van der Waals surface area contributed by atoms with Gasteiger partial charge in [-0.2, -0.15) is 5.10 Å². The molecule has 1 aromatic carbocycles. The largest absolute Gasteiger partial charge is 0.492 e. The van der Waals surface area contributed by atoms with Crippen molar-refractivity contribution in [1.29, 1.82) is 0 Å². The predicted octanol–water partition coefficient (Wildman–Crippen LogP) is 2.54. The van der Waals surface area contributed by atoms with Gasteiger partial charge in [0.15, 0.2) is 0 Å². The second kappa shape index (κ2) is 5.36. The number of carbonyl (C=O) groups is 1. The summed E-state index contributed by atoms with van der Waals surface area (Å²) in [7, 11) is 0. The highest BCUT2D eigenvalue weighted by Crippen LogP contribution is 2.38. The van der Waals surface area contributed by atoms with Crippen LogP contribution in [0, 0.1) is 0 Å². The Morgan fingerprint density at radius 3 is 3.00 bits per heavy atom. The first-order valence-electron chi connectivity index (χ1n) is 6.72. The van der Waals surface area contributed by atoms with Crippen LogP contribution in [0.4, 0.5) is 0 Å². The van der Waals surface area contributed by atoms with E-state index in [1.807, 2.05) is 10.9 Å². The van der Waals surface area contributed by atoms with E-state index >= 15 is 0 Å². The maximum absolute atomic E-state index is 10.9. The van der Waals surface area contributed by atoms with Crippen LogP contribution in [0.25, 0.3) is 0 Å². The van der Waals surface area contributed by atoms with Gasteiger partial charge in [-0.25, -0.2) is 4.79 Å². The summed E-state index contributed by atoms with van der Waals surface area (Å²) in [6, 6.07) is 8.57. The highest BCUT2D eigenvalue weighted by Gasteiger charge is 2.25. The van der Waals surface area contributed by atoms with Gasteiger partial charge < -0.3 is 9.84 Å². The molecular weight excluding hydrogens is 256 g/mol. The number of hydrogen-bond acceptors (Lipinski definition) is 3. The van der Waals surface area contributed by atoms with E-state index in [0.29, 0.717) is 24.8 Å². The van der Waals surface area contributed by atoms with Crippen LogP contribution >= 0.6 is 0 Å². The summed E-state index contributed by atoms with van der Waals surface area (Å²) in [6.07, 6.45) is 4.45. The monoisotopic (exact) mass is 272 g/mol. The normalized spacial score (nSPS) is 14.2. The van der Waals surface area contributed by atoms with Crippen molar-refractivity contribution in [3.63, 3.8) is 0 Å². The van der Waals surface area contributed by atoms with E-state index in [-0.39, 0.29) is 5.56 Å². The van der Waals surface area contributed by atoms with E-state index in [9.17, 15) is 4.79 Å². The number of carboxylic acid groups (broad SMARTS) is 1. The van der Waals surface area contributed by atoms with Crippen LogP contribution in [0.15, 0.2) is 36.5 Å². The molecule has 0 unspecified atom stereocenters. The Balaban J connectivity index is 1.53. The molecule has 0 aliphatic heterocycles. The van der Waals surface area contributed by atoms with Crippen LogP contribution in [0.1, 0.15) is 34.8 Å². The maximum atomic E-state index is 10.9. The van der Waals surface area contributed by atoms with Crippen molar-refractivity contribution in [1.82, 2.24) is 9.78 Å². The zero-order chi connectivity index (χ0) is 13.9. The van der Waals surface area contributed by atoms with Gasteiger partial charge in [-0.1, -0.05) is 6.07 Å². The van der Waals surface area contributed by atoms with E-state index in [4.69, 9.17) is 9.84 Å². The molecule has 1 saturated carbocycles. The predicted molar refractivity (Wildman–Crippen MR) is 73.1 cm³/mol. The fourth-order valence-corrected chi connectivity index (χ4v) is 2.07. The average Bonchev–Trinajstić information content (AvgIpc) is 3.19. The minimum atomic E-state index is -0.948. The van der Waals surface area contributed by atoms with Gasteiger partial charge >= 0.3 is 5.97 Å². The van der Waals surface area contributed by atoms with E-state index < -0.39 is 5.97 Å². The molecule has 0 saturated heterocycles. The fraction of sp³-hybridized carbons (Fsp3) is 0.333. The summed E-state index contributed by atoms with van der Waals surface area (Å²) < 4.78 is 7.43. The van der Waals surface area contributed by atoms with Gasteiger partial charge in [0.25, 0.3) is 0 Å². The van der Waals surface area contributed by atoms with E-state index in [0.717, 1.165) is 5.69 Å². The van der Waals surface area contributed by atoms with Crippen molar-refractivity contribution >= 4 is 5.97 Å². The number of nitrogens with zero attached hydrogens (tertiary/aromatic N) is 2. The lowest BCUT2D eigenvalue weighted by atomic mass is 10.2. The molecule has 0 bridgehead atoms. The van der Waals surface area contributed by atoms with Gasteiger partial charge in [0.1, 0.15) is 12.4 Å². The van der Waals surface area contributed by atoms with Crippen LogP contribution in [-0.4, -0.2) is 27.5 Å². The number of aromatic carboxylic acids is 1. The second-order valence-corrected chi connectivity index (χ2v) is 4.96. The molecule has 0 amide bonds. The fourth-order valence-electron chi connectivity index (χ4n) is 2.07. The van der Waals surface area contributed by atoms with Gasteiger partial charge in [0.05, 0.1) is 17.8 Å². The molecule has 104 valence electrons. The summed E-state index contributed by atoms with van der Waals surface area (Å²) >= 11 is 0. The van der Waals surface area contributed by atoms with Gasteiger partial charge in [0.2, 0.25) is 0 Å². The molecule has 5 nitrogen and oxygen atoms in total. The SMILES string of the molecule is O=C(O)c1cccc(OCCn2ccc(C3CC3)n2)c1. The van der Waals surface area contributed by atoms with E-state index in [2.05, 4.69) is 11.2 Å². The zero-order valence-corrected chi connectivity index (χ0v) is 11.0. The summed E-state index contributed by atoms with van der Waals surface area (Å²) in [5.74, 6) is 0.278. The number of hydrogen-bond donors (Lipinski definition) is 1. The summed E-state index contributed by atoms with van der Waals surface area (Å²) in [5, 5.41) is 13.4. The topological polar surface area (TPSA) is 64.3 Å². The Morgan fingerprint density at radius 2 is 2.25 bits per heavy atom. The molecule has 0 radical (unpaired) electrons. The van der Waals surface area contributed by atoms with Crippen LogP contribution in [0.2, 0.25) is 0 Å². The first-order chi connectivity index (χ1) is 9.72. The molecule has 1 fully saturated rings. The van der Waals surface area contributed by atoms with Gasteiger partial charge in [0, 0.05) is 12.1 Å². The summed E-state index contributed by atoms with van der Waals surface area (Å²) in [4.78, 5) is 10.9. The number of benzene rings is 1. The minimum Gasteiger partial charge on any atom is -0.492 e. The third-order valence-corrected chi connectivity index (χ3v) is 3.33. The number of carboxylic acids is 1. The highest BCUT2D eigenvalue weighted by molar-refractivity contribution is 5.87. The molecule has 3 rings (SSSR count). The van der Waals surface area contributed by atoms with Crippen LogP contribution in [0.5, 0.6) is 5.75 Å². The smallest absolute Gasteiger partial charge is 0.335 e. The zero-order valence-electron chi connectivity index (χ0n) is 11.0. The molecular formula is C15H16N2O3. The van der Waals surface area contributed by atoms with E-state index in [1.54, 1.807) is 18.2 Å². The minimum absolute atomic E-state index is 0.234. The van der Waals surface area contributed by atoms with Crippen LogP contribution < -0.4 is 4.74 Å². The molecule has 0 atom stereocenters. The third-order valence-electron chi connectivity index (χ3n) is 3.33. The molecule has 0 spiro atoms. The van der Waals surface area contributed by atoms with Crippen molar-refractivity contribution in [3.05, 3.63) is 47.8 Å². The molecule has 1 aromatic heterocycles. The van der Waals surface area contributed by atoms with Crippen molar-refractivity contribution in [2.75, 3.05) is 6.61 Å². The lowest BCUT2D eigenvalue weighted by Crippen LogP contribution is -2.09. The molecule has 20 heavy (non-hydrogen) atoms. The Kier molecular flexibility index (Phi) is 3.41. The lowest BCUT2D eigenvalue weighted by molar-refractivity contribution is 0.0696. The highest BCUT2D eigenvalue weighted by atomic mass is 16.5. The van der Waals surface area contributed by atoms with E-state index in [1.165, 1.54) is 18.9 Å².